The molecule has 0 radical (unpaired) electrons. The fourth-order valence-corrected chi connectivity index (χ4v) is 8.63. The third-order valence-corrected chi connectivity index (χ3v) is 11.3. The average Bonchev–Trinajstić information content (AvgIpc) is 3.67. The third kappa shape index (κ3) is 5.51. The van der Waals surface area contributed by atoms with Crippen molar-refractivity contribution in [2.75, 3.05) is 9.80 Å². The number of allylic oxidation sites excluding steroid dienone is 3. The molecule has 2 unspecified atom stereocenters. The molecule has 0 N–H and O–H groups in total. The third-order valence-electron chi connectivity index (χ3n) is 11.3. The summed E-state index contributed by atoms with van der Waals surface area (Å²) < 4.78 is 0. The van der Waals surface area contributed by atoms with Crippen molar-refractivity contribution in [1.29, 1.82) is 0 Å². The van der Waals surface area contributed by atoms with Crippen molar-refractivity contribution in [3.63, 3.8) is 0 Å². The summed E-state index contributed by atoms with van der Waals surface area (Å²) >= 11 is 0. The van der Waals surface area contributed by atoms with Crippen LogP contribution in [0.25, 0.3) is 27.8 Å². The van der Waals surface area contributed by atoms with Gasteiger partial charge in [-0.2, -0.15) is 0 Å². The van der Waals surface area contributed by atoms with Crippen molar-refractivity contribution in [3.05, 3.63) is 192 Å². The molecule has 0 amide bonds. The summed E-state index contributed by atoms with van der Waals surface area (Å²) in [5.74, 6) is 3.10. The van der Waals surface area contributed by atoms with Gasteiger partial charge >= 0.3 is 0 Å². The highest BCUT2D eigenvalue weighted by Gasteiger charge is 2.38. The fraction of sp³-hybridized carbons (Fsp3) is 0.118. The Morgan fingerprint density at radius 3 is 2.13 bits per heavy atom. The molecule has 0 bridgehead atoms. The van der Waals surface area contributed by atoms with Gasteiger partial charge in [-0.15, -0.1) is 6.42 Å². The van der Waals surface area contributed by atoms with Crippen LogP contribution in [0.4, 0.5) is 28.4 Å². The lowest BCUT2D eigenvalue weighted by atomic mass is 9.82. The van der Waals surface area contributed by atoms with Crippen LogP contribution in [0.5, 0.6) is 0 Å². The van der Waals surface area contributed by atoms with E-state index in [1.165, 1.54) is 50.3 Å². The molecule has 9 rings (SSSR count). The van der Waals surface area contributed by atoms with E-state index in [2.05, 4.69) is 198 Å². The van der Waals surface area contributed by atoms with Crippen molar-refractivity contribution in [2.45, 2.75) is 38.1 Å². The Bertz CT molecular complexity index is 2540. The summed E-state index contributed by atoms with van der Waals surface area (Å²) in [6.07, 6.45) is 18.4. The summed E-state index contributed by atoms with van der Waals surface area (Å²) in [6, 6.07) is 51.2. The maximum absolute atomic E-state index is 5.89. The number of hydrogen-bond acceptors (Lipinski definition) is 3. The lowest BCUT2D eigenvalue weighted by Gasteiger charge is -2.28. The van der Waals surface area contributed by atoms with Gasteiger partial charge in [0, 0.05) is 57.8 Å². The first kappa shape index (κ1) is 33.2. The van der Waals surface area contributed by atoms with Gasteiger partial charge in [0.1, 0.15) is 0 Å². The van der Waals surface area contributed by atoms with Gasteiger partial charge < -0.3 is 9.80 Å². The molecule has 0 spiro atoms. The maximum atomic E-state index is 5.89. The molecule has 0 aromatic heterocycles. The summed E-state index contributed by atoms with van der Waals surface area (Å²) in [4.78, 5) is 9.10. The number of para-hydroxylation sites is 1. The lowest BCUT2D eigenvalue weighted by Crippen LogP contribution is -2.28. The molecule has 260 valence electrons. The Labute approximate surface area is 319 Å². The standard InChI is InChI=1S/C51H41N3/c1-5-35(34-52-6-2)36-20-25-40(26-21-36)53(42-29-30-44-43-16-10-12-18-47(43)51(3,4)48(44)33-42)41-27-22-37(23-28-41)38-24-31-50-46(32-38)45-17-11-13-19-49(45)54(50)39-14-8-7-9-15-39/h1,6-34,45,49H,2-4H3/b35-34+,52-6-. The van der Waals surface area contributed by atoms with E-state index < -0.39 is 0 Å². The molecule has 6 aromatic rings. The molecule has 0 saturated carbocycles. The Hall–Kier alpha value is -6.63. The summed E-state index contributed by atoms with van der Waals surface area (Å²) in [7, 11) is 0. The number of benzene rings is 6. The minimum Gasteiger partial charge on any atom is -0.333 e. The first-order valence-electron chi connectivity index (χ1n) is 18.7. The normalized spacial score (nSPS) is 17.5. The van der Waals surface area contributed by atoms with E-state index in [0.29, 0.717) is 5.92 Å². The van der Waals surface area contributed by atoms with Crippen LogP contribution in [0.3, 0.4) is 0 Å². The van der Waals surface area contributed by atoms with Gasteiger partial charge in [0.2, 0.25) is 0 Å². The average molecular weight is 696 g/mol. The molecule has 1 heterocycles. The van der Waals surface area contributed by atoms with Crippen LogP contribution in [0.1, 0.15) is 48.9 Å². The topological polar surface area (TPSA) is 18.8 Å². The van der Waals surface area contributed by atoms with E-state index in [1.54, 1.807) is 12.4 Å². The quantitative estimate of drug-likeness (QED) is 0.122. The SMILES string of the molecule is C#C/C(=C\N=C/C)c1ccc(N(c2ccc(-c3ccc4c(c3)C3C=CC=CC3N4c3ccccc3)cc2)c2ccc3c(c2)C(C)(C)c2ccccc2-3)cc1. The highest BCUT2D eigenvalue weighted by Crippen LogP contribution is 2.51. The zero-order valence-electron chi connectivity index (χ0n) is 30.8. The minimum absolute atomic E-state index is 0.112. The fourth-order valence-electron chi connectivity index (χ4n) is 8.63. The molecule has 54 heavy (non-hydrogen) atoms. The Balaban J connectivity index is 1.11. The van der Waals surface area contributed by atoms with Gasteiger partial charge in [-0.1, -0.05) is 123 Å². The summed E-state index contributed by atoms with van der Waals surface area (Å²) in [6.45, 7) is 6.55. The van der Waals surface area contributed by atoms with Crippen LogP contribution >= 0.6 is 0 Å². The molecule has 2 aliphatic carbocycles. The van der Waals surface area contributed by atoms with Crippen molar-refractivity contribution in [3.8, 4) is 34.6 Å². The molecule has 6 aromatic carbocycles. The van der Waals surface area contributed by atoms with E-state index in [1.807, 2.05) is 6.92 Å². The second-order valence-corrected chi connectivity index (χ2v) is 14.7. The Morgan fingerprint density at radius 1 is 0.704 bits per heavy atom. The van der Waals surface area contributed by atoms with E-state index in [9.17, 15) is 0 Å². The van der Waals surface area contributed by atoms with Crippen LogP contribution in [-0.2, 0) is 5.41 Å². The zero-order chi connectivity index (χ0) is 36.8. The van der Waals surface area contributed by atoms with Crippen molar-refractivity contribution in [2.24, 2.45) is 4.99 Å². The second kappa shape index (κ2) is 13.4. The Morgan fingerprint density at radius 2 is 1.37 bits per heavy atom. The summed E-state index contributed by atoms with van der Waals surface area (Å²) in [5.41, 5.74) is 16.4. The van der Waals surface area contributed by atoms with Crippen LogP contribution in [0.2, 0.25) is 0 Å². The number of aliphatic imine (C=N–C) groups is 1. The van der Waals surface area contributed by atoms with E-state index >= 15 is 0 Å². The molecule has 3 heteroatoms. The minimum atomic E-state index is -0.112. The molecule has 1 aliphatic heterocycles. The van der Waals surface area contributed by atoms with Crippen molar-refractivity contribution < 1.29 is 0 Å². The monoisotopic (exact) mass is 695 g/mol. The highest BCUT2D eigenvalue weighted by atomic mass is 15.2. The number of nitrogens with zero attached hydrogens (tertiary/aromatic N) is 3. The molecule has 3 aliphatic rings. The first-order valence-corrected chi connectivity index (χ1v) is 18.7. The van der Waals surface area contributed by atoms with Crippen molar-refractivity contribution >= 4 is 40.2 Å². The van der Waals surface area contributed by atoms with E-state index in [4.69, 9.17) is 6.42 Å². The van der Waals surface area contributed by atoms with Crippen LogP contribution in [-0.4, -0.2) is 12.3 Å². The predicted molar refractivity (Wildman–Crippen MR) is 228 cm³/mol. The molecular weight excluding hydrogens is 655 g/mol. The zero-order valence-corrected chi connectivity index (χ0v) is 30.8. The number of anilines is 5. The van der Waals surface area contributed by atoms with Crippen LogP contribution in [0.15, 0.2) is 175 Å². The van der Waals surface area contributed by atoms with Gasteiger partial charge in [-0.05, 0) is 112 Å². The molecule has 2 atom stereocenters. The summed E-state index contributed by atoms with van der Waals surface area (Å²) in [5, 5.41) is 0. The van der Waals surface area contributed by atoms with Gasteiger partial charge in [-0.25, -0.2) is 0 Å². The van der Waals surface area contributed by atoms with Crippen molar-refractivity contribution in [1.82, 2.24) is 0 Å². The smallest absolute Gasteiger partial charge is 0.0629 e. The highest BCUT2D eigenvalue weighted by molar-refractivity contribution is 5.87. The van der Waals surface area contributed by atoms with E-state index in [0.717, 1.165) is 28.2 Å². The molecule has 0 fully saturated rings. The molecule has 0 saturated heterocycles. The number of terminal acetylenes is 1. The van der Waals surface area contributed by atoms with Gasteiger partial charge in [0.05, 0.1) is 6.04 Å². The molecular formula is C51H41N3. The van der Waals surface area contributed by atoms with Crippen LogP contribution in [0, 0.1) is 12.3 Å². The number of hydrogen-bond donors (Lipinski definition) is 0. The maximum Gasteiger partial charge on any atom is 0.0629 e. The Kier molecular flexibility index (Phi) is 8.25. The lowest BCUT2D eigenvalue weighted by molar-refractivity contribution is 0.660. The first-order chi connectivity index (χ1) is 26.5. The van der Waals surface area contributed by atoms with Gasteiger partial charge in [-0.3, -0.25) is 4.99 Å². The molecule has 3 nitrogen and oxygen atoms in total. The largest absolute Gasteiger partial charge is 0.333 e. The van der Waals surface area contributed by atoms with E-state index in [-0.39, 0.29) is 11.5 Å². The van der Waals surface area contributed by atoms with Crippen LogP contribution < -0.4 is 9.80 Å². The number of rotatable bonds is 7. The van der Waals surface area contributed by atoms with Gasteiger partial charge in [0.25, 0.3) is 0 Å². The predicted octanol–water partition coefficient (Wildman–Crippen LogP) is 12.9. The van der Waals surface area contributed by atoms with Gasteiger partial charge in [0.15, 0.2) is 0 Å². The number of fused-ring (bicyclic) bond motifs is 6. The second-order valence-electron chi connectivity index (χ2n) is 14.7.